The SMILES string of the molecule is COc1cc(CN)cc(Cl)c1OCC1CCCC1. The minimum atomic E-state index is 0.443. The fraction of sp³-hybridized carbons (Fsp3) is 0.571. The third-order valence-corrected chi connectivity index (χ3v) is 3.74. The van der Waals surface area contributed by atoms with Crippen LogP contribution in [0.1, 0.15) is 31.2 Å². The number of hydrogen-bond donors (Lipinski definition) is 1. The lowest BCUT2D eigenvalue weighted by molar-refractivity contribution is 0.241. The number of halogens is 1. The second-order valence-electron chi connectivity index (χ2n) is 4.77. The highest BCUT2D eigenvalue weighted by Gasteiger charge is 2.18. The maximum absolute atomic E-state index is 6.22. The molecule has 0 radical (unpaired) electrons. The highest BCUT2D eigenvalue weighted by Crippen LogP contribution is 2.37. The summed E-state index contributed by atoms with van der Waals surface area (Å²) in [6.45, 7) is 1.16. The number of methoxy groups -OCH3 is 1. The lowest BCUT2D eigenvalue weighted by Crippen LogP contribution is -2.09. The zero-order valence-corrected chi connectivity index (χ0v) is 11.5. The summed E-state index contributed by atoms with van der Waals surface area (Å²) < 4.78 is 11.2. The molecule has 1 fully saturated rings. The maximum Gasteiger partial charge on any atom is 0.179 e. The lowest BCUT2D eigenvalue weighted by Gasteiger charge is -2.16. The summed E-state index contributed by atoms with van der Waals surface area (Å²) in [5.41, 5.74) is 6.56. The smallest absolute Gasteiger partial charge is 0.179 e. The van der Waals surface area contributed by atoms with Crippen LogP contribution in [0.15, 0.2) is 12.1 Å². The summed E-state index contributed by atoms with van der Waals surface area (Å²) in [5, 5.41) is 0.577. The summed E-state index contributed by atoms with van der Waals surface area (Å²) in [7, 11) is 1.62. The van der Waals surface area contributed by atoms with Crippen molar-refractivity contribution < 1.29 is 9.47 Å². The number of rotatable bonds is 5. The Morgan fingerprint density at radius 3 is 2.67 bits per heavy atom. The predicted molar refractivity (Wildman–Crippen MR) is 73.3 cm³/mol. The predicted octanol–water partition coefficient (Wildman–Crippen LogP) is 3.38. The van der Waals surface area contributed by atoms with Crippen LogP contribution < -0.4 is 15.2 Å². The van der Waals surface area contributed by atoms with E-state index in [0.717, 1.165) is 12.2 Å². The fourth-order valence-electron chi connectivity index (χ4n) is 2.41. The Kier molecular flexibility index (Phi) is 4.72. The first-order valence-electron chi connectivity index (χ1n) is 6.44. The molecule has 2 rings (SSSR count). The Balaban J connectivity index is 2.10. The van der Waals surface area contributed by atoms with Gasteiger partial charge in [0.15, 0.2) is 11.5 Å². The third kappa shape index (κ3) is 3.09. The van der Waals surface area contributed by atoms with Gasteiger partial charge in [-0.2, -0.15) is 0 Å². The van der Waals surface area contributed by atoms with Crippen molar-refractivity contribution in [1.82, 2.24) is 0 Å². The molecular weight excluding hydrogens is 250 g/mol. The first kappa shape index (κ1) is 13.5. The zero-order chi connectivity index (χ0) is 13.0. The highest BCUT2D eigenvalue weighted by atomic mass is 35.5. The average Bonchev–Trinajstić information content (AvgIpc) is 2.89. The number of benzene rings is 1. The Morgan fingerprint density at radius 2 is 2.06 bits per heavy atom. The van der Waals surface area contributed by atoms with E-state index in [0.29, 0.717) is 29.0 Å². The van der Waals surface area contributed by atoms with Crippen LogP contribution in [0.3, 0.4) is 0 Å². The number of nitrogens with two attached hydrogens (primary N) is 1. The van der Waals surface area contributed by atoms with E-state index in [1.807, 2.05) is 12.1 Å². The molecule has 0 bridgehead atoms. The fourth-order valence-corrected chi connectivity index (χ4v) is 2.70. The lowest BCUT2D eigenvalue weighted by atomic mass is 10.1. The van der Waals surface area contributed by atoms with E-state index < -0.39 is 0 Å². The van der Waals surface area contributed by atoms with Crippen LogP contribution in [-0.4, -0.2) is 13.7 Å². The van der Waals surface area contributed by atoms with Crippen molar-refractivity contribution in [1.29, 1.82) is 0 Å². The van der Waals surface area contributed by atoms with Gasteiger partial charge in [-0.1, -0.05) is 24.4 Å². The van der Waals surface area contributed by atoms with Gasteiger partial charge in [0.25, 0.3) is 0 Å². The quantitative estimate of drug-likeness (QED) is 0.891. The van der Waals surface area contributed by atoms with Crippen molar-refractivity contribution in [3.8, 4) is 11.5 Å². The van der Waals surface area contributed by atoms with Gasteiger partial charge >= 0.3 is 0 Å². The van der Waals surface area contributed by atoms with Crippen molar-refractivity contribution in [3.63, 3.8) is 0 Å². The molecule has 0 aromatic heterocycles. The van der Waals surface area contributed by atoms with Gasteiger partial charge in [-0.25, -0.2) is 0 Å². The topological polar surface area (TPSA) is 44.5 Å². The van der Waals surface area contributed by atoms with E-state index in [1.54, 1.807) is 7.11 Å². The second kappa shape index (κ2) is 6.30. The molecule has 0 heterocycles. The van der Waals surface area contributed by atoms with E-state index in [-0.39, 0.29) is 0 Å². The number of ether oxygens (including phenoxy) is 2. The van der Waals surface area contributed by atoms with Crippen LogP contribution in [0.25, 0.3) is 0 Å². The van der Waals surface area contributed by atoms with Crippen molar-refractivity contribution in [3.05, 3.63) is 22.7 Å². The second-order valence-corrected chi connectivity index (χ2v) is 5.18. The standard InChI is InChI=1S/C14H20ClNO2/c1-17-13-7-11(8-16)6-12(15)14(13)18-9-10-4-2-3-5-10/h6-7,10H,2-5,8-9,16H2,1H3. The van der Waals surface area contributed by atoms with Gasteiger partial charge in [-0.05, 0) is 36.5 Å². The summed E-state index contributed by atoms with van der Waals surface area (Å²) >= 11 is 6.22. The van der Waals surface area contributed by atoms with E-state index >= 15 is 0 Å². The van der Waals surface area contributed by atoms with E-state index in [2.05, 4.69) is 0 Å². The summed E-state index contributed by atoms with van der Waals surface area (Å²) in [6.07, 6.45) is 5.12. The molecule has 3 nitrogen and oxygen atoms in total. The molecule has 2 N–H and O–H groups in total. The maximum atomic E-state index is 6.22. The van der Waals surface area contributed by atoms with Gasteiger partial charge in [0.05, 0.1) is 18.7 Å². The van der Waals surface area contributed by atoms with Crippen LogP contribution in [0.4, 0.5) is 0 Å². The summed E-state index contributed by atoms with van der Waals surface area (Å²) in [4.78, 5) is 0. The van der Waals surface area contributed by atoms with E-state index in [1.165, 1.54) is 25.7 Å². The van der Waals surface area contributed by atoms with Crippen LogP contribution >= 0.6 is 11.6 Å². The Bertz CT molecular complexity index is 403. The summed E-state index contributed by atoms with van der Waals surface area (Å²) in [5.74, 6) is 1.96. The molecule has 0 amide bonds. The van der Waals surface area contributed by atoms with Crippen molar-refractivity contribution in [2.24, 2.45) is 11.7 Å². The molecule has 0 spiro atoms. The van der Waals surface area contributed by atoms with E-state index in [4.69, 9.17) is 26.8 Å². The molecule has 1 saturated carbocycles. The molecule has 0 unspecified atom stereocenters. The minimum absolute atomic E-state index is 0.443. The molecule has 1 aromatic carbocycles. The van der Waals surface area contributed by atoms with Gasteiger partial charge < -0.3 is 15.2 Å². The molecule has 0 saturated heterocycles. The Morgan fingerprint density at radius 1 is 1.33 bits per heavy atom. The van der Waals surface area contributed by atoms with Gasteiger partial charge in [-0.15, -0.1) is 0 Å². The van der Waals surface area contributed by atoms with Crippen LogP contribution in [0, 0.1) is 5.92 Å². The Hall–Kier alpha value is -0.930. The van der Waals surface area contributed by atoms with Crippen molar-refractivity contribution in [2.45, 2.75) is 32.2 Å². The van der Waals surface area contributed by atoms with E-state index in [9.17, 15) is 0 Å². The first-order chi connectivity index (χ1) is 8.74. The molecule has 0 aliphatic heterocycles. The first-order valence-corrected chi connectivity index (χ1v) is 6.81. The largest absolute Gasteiger partial charge is 0.493 e. The normalized spacial score (nSPS) is 15.9. The molecule has 4 heteroatoms. The Labute approximate surface area is 113 Å². The number of hydrogen-bond acceptors (Lipinski definition) is 3. The van der Waals surface area contributed by atoms with Gasteiger partial charge in [-0.3, -0.25) is 0 Å². The molecule has 0 atom stereocenters. The molecular formula is C14H20ClNO2. The molecule has 100 valence electrons. The van der Waals surface area contributed by atoms with Crippen molar-refractivity contribution in [2.75, 3.05) is 13.7 Å². The van der Waals surface area contributed by atoms with Crippen LogP contribution in [0.2, 0.25) is 5.02 Å². The van der Waals surface area contributed by atoms with Gasteiger partial charge in [0, 0.05) is 6.54 Å². The van der Waals surface area contributed by atoms with Crippen LogP contribution in [0.5, 0.6) is 11.5 Å². The van der Waals surface area contributed by atoms with Gasteiger partial charge in [0.2, 0.25) is 0 Å². The third-order valence-electron chi connectivity index (χ3n) is 3.46. The van der Waals surface area contributed by atoms with Crippen molar-refractivity contribution >= 4 is 11.6 Å². The zero-order valence-electron chi connectivity index (χ0n) is 10.7. The molecule has 1 aliphatic carbocycles. The molecule has 18 heavy (non-hydrogen) atoms. The molecule has 1 aliphatic rings. The summed E-state index contributed by atoms with van der Waals surface area (Å²) in [6, 6.07) is 3.73. The monoisotopic (exact) mass is 269 g/mol. The van der Waals surface area contributed by atoms with Gasteiger partial charge in [0.1, 0.15) is 0 Å². The molecule has 1 aromatic rings. The highest BCUT2D eigenvalue weighted by molar-refractivity contribution is 6.32. The minimum Gasteiger partial charge on any atom is -0.493 e. The average molecular weight is 270 g/mol. The van der Waals surface area contributed by atoms with Crippen LogP contribution in [-0.2, 0) is 6.54 Å².